The summed E-state index contributed by atoms with van der Waals surface area (Å²) in [5, 5.41) is 0. The van der Waals surface area contributed by atoms with Gasteiger partial charge in [-0.1, -0.05) is 13.8 Å². The summed E-state index contributed by atoms with van der Waals surface area (Å²) in [5.74, 6) is -0.432. The summed E-state index contributed by atoms with van der Waals surface area (Å²) in [6.07, 6.45) is 3.86. The molecule has 4 nitrogen and oxygen atoms in total. The summed E-state index contributed by atoms with van der Waals surface area (Å²) in [7, 11) is 0. The van der Waals surface area contributed by atoms with E-state index in [9.17, 15) is 9.59 Å². The fourth-order valence-electron chi connectivity index (χ4n) is 1.12. The zero-order chi connectivity index (χ0) is 13.3. The van der Waals surface area contributed by atoms with Crippen LogP contribution in [-0.4, -0.2) is 24.6 Å². The van der Waals surface area contributed by atoms with E-state index in [4.69, 9.17) is 9.47 Å². The lowest BCUT2D eigenvalue weighted by Gasteiger charge is -2.05. The van der Waals surface area contributed by atoms with Gasteiger partial charge < -0.3 is 9.47 Å². The lowest BCUT2D eigenvalue weighted by Crippen LogP contribution is -2.10. The van der Waals surface area contributed by atoms with E-state index in [-0.39, 0.29) is 6.10 Å². The number of carbonyl (C=O) groups excluding carboxylic acids is 2. The van der Waals surface area contributed by atoms with Gasteiger partial charge in [0.05, 0.1) is 12.7 Å². The zero-order valence-electron chi connectivity index (χ0n) is 11.1. The molecule has 0 amide bonds. The first kappa shape index (κ1) is 15.7. The molecule has 0 bridgehead atoms. The number of rotatable bonds is 7. The van der Waals surface area contributed by atoms with Gasteiger partial charge in [0.15, 0.2) is 0 Å². The highest BCUT2D eigenvalue weighted by Crippen LogP contribution is 2.03. The van der Waals surface area contributed by atoms with Crippen molar-refractivity contribution in [3.05, 3.63) is 12.2 Å². The Kier molecular flexibility index (Phi) is 8.11. The summed E-state index contributed by atoms with van der Waals surface area (Å²) >= 11 is 0. The standard InChI is InChI=1S/C13H22O4/c1-10(2)6-5-9-16-12(14)7-8-13(15)17-11(3)4/h7-8,10-11H,5-6,9H2,1-4H3/b8-7+. The Morgan fingerprint density at radius 3 is 2.18 bits per heavy atom. The minimum atomic E-state index is -0.529. The molecule has 17 heavy (non-hydrogen) atoms. The van der Waals surface area contributed by atoms with Crippen molar-refractivity contribution >= 4 is 11.9 Å². The van der Waals surface area contributed by atoms with Crippen molar-refractivity contribution in [2.45, 2.75) is 46.6 Å². The Balaban J connectivity index is 3.71. The van der Waals surface area contributed by atoms with Gasteiger partial charge in [-0.15, -0.1) is 0 Å². The maximum atomic E-state index is 11.2. The molecular weight excluding hydrogens is 220 g/mol. The second kappa shape index (κ2) is 8.79. The minimum Gasteiger partial charge on any atom is -0.463 e. The fourth-order valence-corrected chi connectivity index (χ4v) is 1.12. The molecule has 0 saturated carbocycles. The van der Waals surface area contributed by atoms with Gasteiger partial charge >= 0.3 is 11.9 Å². The summed E-state index contributed by atoms with van der Waals surface area (Å²) in [6, 6.07) is 0. The normalized spacial score (nSPS) is 11.2. The monoisotopic (exact) mass is 242 g/mol. The largest absolute Gasteiger partial charge is 0.463 e. The van der Waals surface area contributed by atoms with Crippen molar-refractivity contribution in [1.82, 2.24) is 0 Å². The third kappa shape index (κ3) is 11.0. The highest BCUT2D eigenvalue weighted by Gasteiger charge is 2.03. The van der Waals surface area contributed by atoms with E-state index in [2.05, 4.69) is 13.8 Å². The summed E-state index contributed by atoms with van der Waals surface area (Å²) < 4.78 is 9.74. The van der Waals surface area contributed by atoms with Gasteiger partial charge in [-0.25, -0.2) is 9.59 Å². The van der Waals surface area contributed by atoms with E-state index in [1.165, 1.54) is 0 Å². The molecule has 0 aliphatic rings. The molecule has 0 spiro atoms. The lowest BCUT2D eigenvalue weighted by molar-refractivity contribution is -0.142. The molecule has 0 aliphatic carbocycles. The van der Waals surface area contributed by atoms with Crippen molar-refractivity contribution in [1.29, 1.82) is 0 Å². The van der Waals surface area contributed by atoms with Gasteiger partial charge in [0.25, 0.3) is 0 Å². The third-order valence-electron chi connectivity index (χ3n) is 1.88. The molecule has 0 atom stereocenters. The Labute approximate surface area is 103 Å². The van der Waals surface area contributed by atoms with Crippen LogP contribution in [0, 0.1) is 5.92 Å². The van der Waals surface area contributed by atoms with E-state index in [0.717, 1.165) is 25.0 Å². The van der Waals surface area contributed by atoms with Crippen molar-refractivity contribution in [3.8, 4) is 0 Å². The van der Waals surface area contributed by atoms with Gasteiger partial charge in [0.1, 0.15) is 0 Å². The van der Waals surface area contributed by atoms with Crippen LogP contribution in [0.25, 0.3) is 0 Å². The van der Waals surface area contributed by atoms with Crippen molar-refractivity contribution in [2.75, 3.05) is 6.61 Å². The summed E-state index contributed by atoms with van der Waals surface area (Å²) in [6.45, 7) is 8.11. The molecule has 0 N–H and O–H groups in total. The van der Waals surface area contributed by atoms with E-state index >= 15 is 0 Å². The zero-order valence-corrected chi connectivity index (χ0v) is 11.1. The van der Waals surface area contributed by atoms with Gasteiger partial charge in [0.2, 0.25) is 0 Å². The Hall–Kier alpha value is -1.32. The van der Waals surface area contributed by atoms with Crippen LogP contribution in [0.3, 0.4) is 0 Å². The van der Waals surface area contributed by atoms with Crippen LogP contribution in [0.4, 0.5) is 0 Å². The molecule has 0 radical (unpaired) electrons. The van der Waals surface area contributed by atoms with Crippen molar-refractivity contribution in [2.24, 2.45) is 5.92 Å². The Bertz CT molecular complexity index is 267. The van der Waals surface area contributed by atoms with Crippen LogP contribution in [0.5, 0.6) is 0 Å². The average molecular weight is 242 g/mol. The number of hydrogen-bond acceptors (Lipinski definition) is 4. The summed E-state index contributed by atoms with van der Waals surface area (Å²) in [5.41, 5.74) is 0. The van der Waals surface area contributed by atoms with Crippen LogP contribution in [0.15, 0.2) is 12.2 Å². The predicted molar refractivity (Wildman–Crippen MR) is 65.4 cm³/mol. The summed E-state index contributed by atoms with van der Waals surface area (Å²) in [4.78, 5) is 22.2. The molecule has 0 saturated heterocycles. The van der Waals surface area contributed by atoms with E-state index in [1.54, 1.807) is 13.8 Å². The first-order valence-corrected chi connectivity index (χ1v) is 5.97. The number of hydrogen-bond donors (Lipinski definition) is 0. The van der Waals surface area contributed by atoms with Crippen molar-refractivity contribution in [3.63, 3.8) is 0 Å². The van der Waals surface area contributed by atoms with Crippen LogP contribution in [0.2, 0.25) is 0 Å². The van der Waals surface area contributed by atoms with Gasteiger partial charge in [-0.3, -0.25) is 0 Å². The van der Waals surface area contributed by atoms with Crippen LogP contribution in [0.1, 0.15) is 40.5 Å². The maximum absolute atomic E-state index is 11.2. The third-order valence-corrected chi connectivity index (χ3v) is 1.88. The predicted octanol–water partition coefficient (Wildman–Crippen LogP) is 2.47. The van der Waals surface area contributed by atoms with Gasteiger partial charge in [-0.05, 0) is 32.6 Å². The topological polar surface area (TPSA) is 52.6 Å². The molecule has 98 valence electrons. The molecule has 0 fully saturated rings. The number of carbonyl (C=O) groups is 2. The SMILES string of the molecule is CC(C)CCCOC(=O)/C=C/C(=O)OC(C)C. The van der Waals surface area contributed by atoms with Crippen LogP contribution >= 0.6 is 0 Å². The van der Waals surface area contributed by atoms with E-state index in [0.29, 0.717) is 12.5 Å². The smallest absolute Gasteiger partial charge is 0.331 e. The van der Waals surface area contributed by atoms with E-state index in [1.807, 2.05) is 0 Å². The van der Waals surface area contributed by atoms with Crippen LogP contribution < -0.4 is 0 Å². The second-order valence-electron chi connectivity index (χ2n) is 4.52. The molecule has 0 aromatic carbocycles. The molecule has 0 aromatic rings. The number of esters is 2. The molecule has 4 heteroatoms. The highest BCUT2D eigenvalue weighted by molar-refractivity contribution is 5.91. The minimum absolute atomic E-state index is 0.186. The molecule has 0 unspecified atom stereocenters. The van der Waals surface area contributed by atoms with Gasteiger partial charge in [0, 0.05) is 12.2 Å². The first-order valence-electron chi connectivity index (χ1n) is 5.97. The van der Waals surface area contributed by atoms with Gasteiger partial charge in [-0.2, -0.15) is 0 Å². The Morgan fingerprint density at radius 1 is 1.06 bits per heavy atom. The highest BCUT2D eigenvalue weighted by atomic mass is 16.5. The Morgan fingerprint density at radius 2 is 1.65 bits per heavy atom. The quantitative estimate of drug-likeness (QED) is 0.391. The fraction of sp³-hybridized carbons (Fsp3) is 0.692. The van der Waals surface area contributed by atoms with Crippen LogP contribution in [-0.2, 0) is 19.1 Å². The first-order chi connectivity index (χ1) is 7.91. The molecular formula is C13H22O4. The number of ether oxygens (including phenoxy) is 2. The molecule has 0 aromatic heterocycles. The average Bonchev–Trinajstić information content (AvgIpc) is 2.20. The molecule has 0 heterocycles. The second-order valence-corrected chi connectivity index (χ2v) is 4.52. The van der Waals surface area contributed by atoms with Crippen molar-refractivity contribution < 1.29 is 19.1 Å². The maximum Gasteiger partial charge on any atom is 0.331 e. The molecule has 0 aliphatic heterocycles. The lowest BCUT2D eigenvalue weighted by atomic mass is 10.1. The van der Waals surface area contributed by atoms with E-state index < -0.39 is 11.9 Å². The molecule has 0 rings (SSSR count).